The maximum absolute atomic E-state index is 12.4. The van der Waals surface area contributed by atoms with Crippen LogP contribution in [0.4, 0.5) is 11.4 Å². The van der Waals surface area contributed by atoms with Gasteiger partial charge in [0.15, 0.2) is 0 Å². The Morgan fingerprint density at radius 2 is 1.73 bits per heavy atom. The quantitative estimate of drug-likeness (QED) is 0.736. The van der Waals surface area contributed by atoms with Gasteiger partial charge >= 0.3 is 0 Å². The number of anilines is 2. The van der Waals surface area contributed by atoms with Gasteiger partial charge in [-0.2, -0.15) is 0 Å². The van der Waals surface area contributed by atoms with Crippen LogP contribution in [0.25, 0.3) is 0 Å². The lowest BCUT2D eigenvalue weighted by atomic mass is 10.1. The van der Waals surface area contributed by atoms with Crippen LogP contribution in [0.15, 0.2) is 54.6 Å². The van der Waals surface area contributed by atoms with Gasteiger partial charge in [0.25, 0.3) is 5.91 Å². The molecule has 0 heterocycles. The number of hydrogen-bond acceptors (Lipinski definition) is 3. The van der Waals surface area contributed by atoms with Crippen molar-refractivity contribution >= 4 is 17.3 Å². The van der Waals surface area contributed by atoms with E-state index in [2.05, 4.69) is 29.8 Å². The number of hydrogen-bond donors (Lipinski definition) is 3. The maximum Gasteiger partial charge on any atom is 0.253 e. The van der Waals surface area contributed by atoms with Gasteiger partial charge in [-0.1, -0.05) is 37.3 Å². The Morgan fingerprint density at radius 3 is 2.45 bits per heavy atom. The van der Waals surface area contributed by atoms with Crippen molar-refractivity contribution in [1.82, 2.24) is 10.6 Å². The first-order valence-electron chi connectivity index (χ1n) is 7.63. The largest absolute Gasteiger partial charge is 0.355 e. The van der Waals surface area contributed by atoms with Crippen LogP contribution in [-0.2, 0) is 0 Å². The lowest BCUT2D eigenvalue weighted by Gasteiger charge is -2.15. The summed E-state index contributed by atoms with van der Waals surface area (Å²) in [5.74, 6) is -0.0659. The fraction of sp³-hybridized carbons (Fsp3) is 0.278. The second-order valence-electron chi connectivity index (χ2n) is 5.21. The van der Waals surface area contributed by atoms with Crippen LogP contribution in [-0.4, -0.2) is 25.0 Å². The number of para-hydroxylation sites is 2. The Balaban J connectivity index is 2.06. The van der Waals surface area contributed by atoms with E-state index in [1.807, 2.05) is 54.6 Å². The molecule has 0 saturated heterocycles. The van der Waals surface area contributed by atoms with Gasteiger partial charge in [0, 0.05) is 18.3 Å². The van der Waals surface area contributed by atoms with E-state index in [1.165, 1.54) is 0 Å². The van der Waals surface area contributed by atoms with Crippen molar-refractivity contribution in [1.29, 1.82) is 0 Å². The molecule has 0 bridgehead atoms. The number of carbonyl (C=O) groups is 1. The van der Waals surface area contributed by atoms with Crippen molar-refractivity contribution < 1.29 is 4.79 Å². The van der Waals surface area contributed by atoms with E-state index in [4.69, 9.17) is 0 Å². The van der Waals surface area contributed by atoms with Gasteiger partial charge in [-0.15, -0.1) is 0 Å². The van der Waals surface area contributed by atoms with E-state index in [0.717, 1.165) is 17.9 Å². The summed E-state index contributed by atoms with van der Waals surface area (Å²) < 4.78 is 0. The summed E-state index contributed by atoms with van der Waals surface area (Å²) in [4.78, 5) is 12.4. The fourth-order valence-electron chi connectivity index (χ4n) is 2.23. The first-order valence-corrected chi connectivity index (χ1v) is 7.63. The normalized spacial score (nSPS) is 11.7. The van der Waals surface area contributed by atoms with Crippen LogP contribution in [0.2, 0.25) is 0 Å². The molecule has 2 rings (SSSR count). The molecule has 0 radical (unpaired) electrons. The Kier molecular flexibility index (Phi) is 5.98. The zero-order valence-corrected chi connectivity index (χ0v) is 13.1. The van der Waals surface area contributed by atoms with E-state index >= 15 is 0 Å². The average Bonchev–Trinajstić information content (AvgIpc) is 2.54. The van der Waals surface area contributed by atoms with Crippen molar-refractivity contribution in [3.8, 4) is 0 Å². The number of amides is 1. The lowest BCUT2D eigenvalue weighted by molar-refractivity contribution is 0.0951. The summed E-state index contributed by atoms with van der Waals surface area (Å²) in [6.45, 7) is 5.60. The van der Waals surface area contributed by atoms with Gasteiger partial charge in [-0.3, -0.25) is 4.79 Å². The van der Waals surface area contributed by atoms with Crippen molar-refractivity contribution in [2.45, 2.75) is 19.9 Å². The Bertz CT molecular complexity index is 598. The minimum atomic E-state index is -0.0659. The van der Waals surface area contributed by atoms with Crippen LogP contribution in [0.3, 0.4) is 0 Å². The minimum Gasteiger partial charge on any atom is -0.355 e. The van der Waals surface area contributed by atoms with E-state index < -0.39 is 0 Å². The monoisotopic (exact) mass is 297 g/mol. The highest BCUT2D eigenvalue weighted by molar-refractivity contribution is 6.00. The summed E-state index contributed by atoms with van der Waals surface area (Å²) in [7, 11) is 0. The number of rotatable bonds is 7. The highest BCUT2D eigenvalue weighted by Gasteiger charge is 2.11. The van der Waals surface area contributed by atoms with Crippen molar-refractivity contribution in [2.75, 3.05) is 18.4 Å². The molecule has 0 aliphatic rings. The van der Waals surface area contributed by atoms with Crippen LogP contribution < -0.4 is 16.0 Å². The molecule has 4 nitrogen and oxygen atoms in total. The van der Waals surface area contributed by atoms with Gasteiger partial charge in [-0.25, -0.2) is 0 Å². The van der Waals surface area contributed by atoms with Crippen molar-refractivity contribution in [3.63, 3.8) is 0 Å². The molecule has 0 spiro atoms. The molecule has 116 valence electrons. The summed E-state index contributed by atoms with van der Waals surface area (Å²) in [5, 5.41) is 9.53. The first kappa shape index (κ1) is 16.0. The van der Waals surface area contributed by atoms with Gasteiger partial charge < -0.3 is 16.0 Å². The third kappa shape index (κ3) is 4.60. The Hall–Kier alpha value is -2.33. The molecule has 0 aromatic heterocycles. The second kappa shape index (κ2) is 8.20. The highest BCUT2D eigenvalue weighted by Crippen LogP contribution is 2.20. The van der Waals surface area contributed by atoms with E-state index in [-0.39, 0.29) is 11.9 Å². The molecule has 22 heavy (non-hydrogen) atoms. The van der Waals surface area contributed by atoms with Crippen LogP contribution in [0.1, 0.15) is 24.2 Å². The summed E-state index contributed by atoms with van der Waals surface area (Å²) in [6.07, 6.45) is 0. The standard InChI is InChI=1S/C18H23N3O/c1-3-19-14(2)13-20-18(22)16-11-7-8-12-17(16)21-15-9-5-4-6-10-15/h4-12,14,19,21H,3,13H2,1-2H3,(H,20,22)/t14-/m1/s1. The number of benzene rings is 2. The predicted molar refractivity (Wildman–Crippen MR) is 91.6 cm³/mol. The second-order valence-corrected chi connectivity index (χ2v) is 5.21. The Labute approximate surface area is 131 Å². The number of carbonyl (C=O) groups excluding carboxylic acids is 1. The summed E-state index contributed by atoms with van der Waals surface area (Å²) in [6, 6.07) is 17.6. The molecule has 1 atom stereocenters. The highest BCUT2D eigenvalue weighted by atomic mass is 16.1. The van der Waals surface area contributed by atoms with E-state index in [0.29, 0.717) is 12.1 Å². The molecular formula is C18H23N3O. The third-order valence-corrected chi connectivity index (χ3v) is 3.35. The molecule has 0 aliphatic heterocycles. The van der Waals surface area contributed by atoms with Gasteiger partial charge in [-0.05, 0) is 37.7 Å². The molecule has 0 unspecified atom stereocenters. The molecule has 1 amide bonds. The Morgan fingerprint density at radius 1 is 1.05 bits per heavy atom. The van der Waals surface area contributed by atoms with E-state index in [1.54, 1.807) is 0 Å². The molecule has 0 saturated carbocycles. The topological polar surface area (TPSA) is 53.2 Å². The molecule has 0 fully saturated rings. The smallest absolute Gasteiger partial charge is 0.253 e. The molecule has 2 aromatic rings. The predicted octanol–water partition coefficient (Wildman–Crippen LogP) is 3.16. The van der Waals surface area contributed by atoms with Crippen molar-refractivity contribution in [3.05, 3.63) is 60.2 Å². The summed E-state index contributed by atoms with van der Waals surface area (Å²) >= 11 is 0. The molecule has 0 aliphatic carbocycles. The zero-order chi connectivity index (χ0) is 15.8. The van der Waals surface area contributed by atoms with Crippen molar-refractivity contribution in [2.24, 2.45) is 0 Å². The van der Waals surface area contributed by atoms with Crippen LogP contribution in [0.5, 0.6) is 0 Å². The summed E-state index contributed by atoms with van der Waals surface area (Å²) in [5.41, 5.74) is 2.42. The first-order chi connectivity index (χ1) is 10.7. The molecule has 2 aromatic carbocycles. The molecular weight excluding hydrogens is 274 g/mol. The molecule has 3 N–H and O–H groups in total. The zero-order valence-electron chi connectivity index (χ0n) is 13.1. The van der Waals surface area contributed by atoms with Gasteiger partial charge in [0.1, 0.15) is 0 Å². The van der Waals surface area contributed by atoms with Crippen LogP contribution in [0, 0.1) is 0 Å². The minimum absolute atomic E-state index is 0.0659. The third-order valence-electron chi connectivity index (χ3n) is 3.35. The van der Waals surface area contributed by atoms with Gasteiger partial charge in [0.2, 0.25) is 0 Å². The SMILES string of the molecule is CCN[C@H](C)CNC(=O)c1ccccc1Nc1ccccc1. The van der Waals surface area contributed by atoms with Crippen LogP contribution >= 0.6 is 0 Å². The molecule has 4 heteroatoms. The van der Waals surface area contributed by atoms with E-state index in [9.17, 15) is 4.79 Å². The lowest BCUT2D eigenvalue weighted by Crippen LogP contribution is -2.38. The van der Waals surface area contributed by atoms with Gasteiger partial charge in [0.05, 0.1) is 11.3 Å². The fourth-order valence-corrected chi connectivity index (χ4v) is 2.23. The average molecular weight is 297 g/mol. The number of likely N-dealkylation sites (N-methyl/N-ethyl adjacent to an activating group) is 1. The number of nitrogens with one attached hydrogen (secondary N) is 3. The maximum atomic E-state index is 12.4.